The minimum Gasteiger partial charge on any atom is -0.497 e. The van der Waals surface area contributed by atoms with E-state index in [4.69, 9.17) is 21.1 Å². The van der Waals surface area contributed by atoms with Crippen molar-refractivity contribution in [1.29, 1.82) is 0 Å². The van der Waals surface area contributed by atoms with Gasteiger partial charge in [-0.2, -0.15) is 0 Å². The Kier molecular flexibility index (Phi) is 7.39. The molecule has 3 N–H and O–H groups in total. The Bertz CT molecular complexity index is 1070. The van der Waals surface area contributed by atoms with E-state index in [1.165, 1.54) is 23.8 Å². The van der Waals surface area contributed by atoms with Crippen molar-refractivity contribution in [2.45, 2.75) is 12.7 Å². The van der Waals surface area contributed by atoms with Crippen LogP contribution in [0.25, 0.3) is 0 Å². The summed E-state index contributed by atoms with van der Waals surface area (Å²) in [6.45, 7) is 0.858. The Balaban J connectivity index is 1.45. The van der Waals surface area contributed by atoms with Crippen LogP contribution in [0.3, 0.4) is 0 Å². The molecular formula is C22H24ClN5O4S. The molecule has 0 aliphatic carbocycles. The molecule has 2 unspecified atom stereocenters. The summed E-state index contributed by atoms with van der Waals surface area (Å²) in [5.41, 5.74) is 7.52. The molecule has 2 heterocycles. The number of carbonyl (C=O) groups excluding carboxylic acids is 2. The number of halogens is 1. The largest absolute Gasteiger partial charge is 0.497 e. The third-order valence-corrected chi connectivity index (χ3v) is 6.55. The fourth-order valence-electron chi connectivity index (χ4n) is 3.53. The molecule has 1 saturated heterocycles. The zero-order valence-electron chi connectivity index (χ0n) is 18.1. The highest BCUT2D eigenvalue weighted by atomic mass is 35.5. The third-order valence-electron chi connectivity index (χ3n) is 5.31. The lowest BCUT2D eigenvalue weighted by atomic mass is 10.0. The van der Waals surface area contributed by atoms with Gasteiger partial charge in [-0.05, 0) is 35.9 Å². The summed E-state index contributed by atoms with van der Waals surface area (Å²) >= 11 is 7.49. The van der Waals surface area contributed by atoms with E-state index in [-0.39, 0.29) is 29.7 Å². The van der Waals surface area contributed by atoms with Gasteiger partial charge in [-0.25, -0.2) is 10.4 Å². The van der Waals surface area contributed by atoms with Gasteiger partial charge in [0.1, 0.15) is 17.7 Å². The molecule has 0 bridgehead atoms. The molecule has 1 fully saturated rings. The van der Waals surface area contributed by atoms with Crippen LogP contribution in [0.15, 0.2) is 47.5 Å². The van der Waals surface area contributed by atoms with Gasteiger partial charge >= 0.3 is 0 Å². The monoisotopic (exact) mass is 489 g/mol. The fourth-order valence-corrected chi connectivity index (χ4v) is 4.65. The Hall–Kier alpha value is -2.79. The molecule has 0 aromatic heterocycles. The predicted octanol–water partition coefficient (Wildman–Crippen LogP) is 2.16. The van der Waals surface area contributed by atoms with Gasteiger partial charge in [-0.3, -0.25) is 19.9 Å². The fraction of sp³-hybridized carbons (Fsp3) is 0.318. The topological polar surface area (TPSA) is 104 Å². The van der Waals surface area contributed by atoms with E-state index in [0.29, 0.717) is 34.7 Å². The van der Waals surface area contributed by atoms with E-state index >= 15 is 0 Å². The molecule has 2 aromatic carbocycles. The maximum absolute atomic E-state index is 13.3. The molecule has 0 saturated carbocycles. The number of amidine groups is 1. The van der Waals surface area contributed by atoms with Crippen molar-refractivity contribution < 1.29 is 19.1 Å². The number of hydrazine groups is 1. The van der Waals surface area contributed by atoms with Gasteiger partial charge < -0.3 is 14.8 Å². The van der Waals surface area contributed by atoms with Crippen molar-refractivity contribution in [3.05, 3.63) is 53.1 Å². The summed E-state index contributed by atoms with van der Waals surface area (Å²) in [5.74, 6) is 0.740. The second-order valence-electron chi connectivity index (χ2n) is 7.39. The number of fused-ring (bicyclic) bond motifs is 1. The van der Waals surface area contributed by atoms with E-state index in [1.807, 2.05) is 24.3 Å². The highest BCUT2D eigenvalue weighted by molar-refractivity contribution is 8.14. The lowest BCUT2D eigenvalue weighted by Crippen LogP contribution is -2.49. The first-order valence-corrected chi connectivity index (χ1v) is 11.6. The van der Waals surface area contributed by atoms with E-state index in [9.17, 15) is 9.59 Å². The number of nitrogens with one attached hydrogen (secondary N) is 3. The molecule has 0 radical (unpaired) electrons. The summed E-state index contributed by atoms with van der Waals surface area (Å²) in [6.07, 6.45) is -0.382. The van der Waals surface area contributed by atoms with Crippen LogP contribution < -0.4 is 30.5 Å². The maximum atomic E-state index is 13.3. The standard InChI is InChI=1S/C22H24ClN5O4S/c1-31-15-6-3-13(4-7-15)10-24-19(29)12-33-22-26-20-16(11-25-27-20)21(30)28(22)14-5-8-18(32-2)17(23)9-14/h3-9,16,20,25,27H,10-12H2,1-2H3,(H,24,29). The van der Waals surface area contributed by atoms with Crippen LogP contribution >= 0.6 is 23.4 Å². The number of benzene rings is 2. The van der Waals surface area contributed by atoms with Gasteiger partial charge in [0.05, 0.1) is 36.6 Å². The van der Waals surface area contributed by atoms with Gasteiger partial charge in [0.2, 0.25) is 11.8 Å². The molecule has 11 heteroatoms. The molecular weight excluding hydrogens is 466 g/mol. The predicted molar refractivity (Wildman–Crippen MR) is 129 cm³/mol. The van der Waals surface area contributed by atoms with Gasteiger partial charge in [0.15, 0.2) is 5.17 Å². The number of anilines is 1. The van der Waals surface area contributed by atoms with Crippen molar-refractivity contribution in [2.75, 3.05) is 31.4 Å². The van der Waals surface area contributed by atoms with Crippen molar-refractivity contribution in [3.63, 3.8) is 0 Å². The van der Waals surface area contributed by atoms with Crippen molar-refractivity contribution in [3.8, 4) is 11.5 Å². The summed E-state index contributed by atoms with van der Waals surface area (Å²) in [4.78, 5) is 31.9. The first-order valence-electron chi connectivity index (χ1n) is 10.3. The number of methoxy groups -OCH3 is 2. The Morgan fingerprint density at radius 3 is 2.73 bits per heavy atom. The first-order chi connectivity index (χ1) is 16.0. The number of nitrogens with zero attached hydrogens (tertiary/aromatic N) is 2. The minimum atomic E-state index is -0.382. The molecule has 2 amide bonds. The minimum absolute atomic E-state index is 0.105. The molecule has 0 spiro atoms. The number of hydrogen-bond acceptors (Lipinski definition) is 8. The smallest absolute Gasteiger partial charge is 0.241 e. The van der Waals surface area contributed by atoms with E-state index in [1.54, 1.807) is 25.3 Å². The lowest BCUT2D eigenvalue weighted by molar-refractivity contribution is -0.121. The van der Waals surface area contributed by atoms with Crippen LogP contribution in [0.4, 0.5) is 5.69 Å². The highest BCUT2D eigenvalue weighted by Gasteiger charge is 2.42. The molecule has 2 aliphatic heterocycles. The molecule has 9 nitrogen and oxygen atoms in total. The number of rotatable bonds is 7. The average molecular weight is 490 g/mol. The Morgan fingerprint density at radius 2 is 2.03 bits per heavy atom. The molecule has 4 rings (SSSR count). The number of carbonyl (C=O) groups is 2. The first kappa shape index (κ1) is 23.4. The van der Waals surface area contributed by atoms with Crippen LogP contribution in [-0.4, -0.2) is 49.7 Å². The molecule has 2 aliphatic rings. The van der Waals surface area contributed by atoms with Crippen LogP contribution in [-0.2, 0) is 16.1 Å². The zero-order valence-corrected chi connectivity index (χ0v) is 19.7. The van der Waals surface area contributed by atoms with Crippen molar-refractivity contribution in [1.82, 2.24) is 16.2 Å². The van der Waals surface area contributed by atoms with Gasteiger partial charge in [0.25, 0.3) is 0 Å². The lowest BCUT2D eigenvalue weighted by Gasteiger charge is -2.32. The third kappa shape index (κ3) is 5.25. The second kappa shape index (κ2) is 10.4. The molecule has 33 heavy (non-hydrogen) atoms. The van der Waals surface area contributed by atoms with Crippen LogP contribution in [0.2, 0.25) is 5.02 Å². The SMILES string of the molecule is COc1ccc(CNC(=O)CSC2=NC3NNCC3C(=O)N2c2ccc(OC)c(Cl)c2)cc1. The highest BCUT2D eigenvalue weighted by Crippen LogP contribution is 2.34. The summed E-state index contributed by atoms with van der Waals surface area (Å²) in [5, 5.41) is 3.70. The van der Waals surface area contributed by atoms with Crippen molar-refractivity contribution >= 4 is 46.0 Å². The van der Waals surface area contributed by atoms with Crippen LogP contribution in [0.5, 0.6) is 11.5 Å². The quantitative estimate of drug-likeness (QED) is 0.547. The van der Waals surface area contributed by atoms with E-state index in [0.717, 1.165) is 11.3 Å². The molecule has 2 aromatic rings. The maximum Gasteiger partial charge on any atom is 0.241 e. The van der Waals surface area contributed by atoms with Gasteiger partial charge in [-0.1, -0.05) is 35.5 Å². The second-order valence-corrected chi connectivity index (χ2v) is 8.74. The van der Waals surface area contributed by atoms with Crippen molar-refractivity contribution in [2.24, 2.45) is 10.9 Å². The average Bonchev–Trinajstić information content (AvgIpc) is 3.31. The van der Waals surface area contributed by atoms with Gasteiger partial charge in [0, 0.05) is 13.1 Å². The number of thioether (sulfide) groups is 1. The van der Waals surface area contributed by atoms with Crippen LogP contribution in [0, 0.1) is 5.92 Å². The Labute approximate surface area is 200 Å². The number of hydrogen-bond donors (Lipinski definition) is 3. The van der Waals surface area contributed by atoms with Crippen LogP contribution in [0.1, 0.15) is 5.56 Å². The van der Waals surface area contributed by atoms with E-state index in [2.05, 4.69) is 21.2 Å². The Morgan fingerprint density at radius 1 is 1.24 bits per heavy atom. The number of ether oxygens (including phenoxy) is 2. The number of amides is 2. The van der Waals surface area contributed by atoms with Gasteiger partial charge in [-0.15, -0.1) is 0 Å². The number of aliphatic imine (C=N–C) groups is 1. The molecule has 174 valence electrons. The summed E-state index contributed by atoms with van der Waals surface area (Å²) in [7, 11) is 3.13. The molecule has 2 atom stereocenters. The normalized spacial score (nSPS) is 19.7. The summed E-state index contributed by atoms with van der Waals surface area (Å²) in [6, 6.07) is 12.6. The summed E-state index contributed by atoms with van der Waals surface area (Å²) < 4.78 is 10.4. The zero-order chi connectivity index (χ0) is 23.4. The van der Waals surface area contributed by atoms with E-state index < -0.39 is 0 Å².